The smallest absolute Gasteiger partial charge is 0.270 e. The van der Waals surface area contributed by atoms with E-state index >= 15 is 0 Å². The number of hydrogen-bond donors (Lipinski definition) is 2. The molecule has 0 aliphatic carbocycles. The number of nitrogens with zero attached hydrogens (tertiary/aromatic N) is 3. The largest absolute Gasteiger partial charge is 0.486 e. The standard InChI is InChI=1S/C21H20FN5O4/c1-11(2)25-21(30)17-7-16(26-19-15(22)9-24-27(17)19)20(29)23-8-12-3-4-18-13(5-12)6-14(28)10-31-18/h3-5,7,9,11H,6,8,10H2,1-2H3,(H,23,29)(H,25,30). The molecule has 1 aliphatic rings. The van der Waals surface area contributed by atoms with Gasteiger partial charge in [-0.15, -0.1) is 0 Å². The summed E-state index contributed by atoms with van der Waals surface area (Å²) in [5.41, 5.74) is 1.19. The fourth-order valence-corrected chi connectivity index (χ4v) is 3.27. The minimum atomic E-state index is -0.743. The third-order valence-electron chi connectivity index (χ3n) is 4.67. The number of halogens is 1. The number of ketones is 1. The van der Waals surface area contributed by atoms with Gasteiger partial charge in [-0.05, 0) is 31.5 Å². The number of hydrogen-bond acceptors (Lipinski definition) is 6. The van der Waals surface area contributed by atoms with Gasteiger partial charge in [0.25, 0.3) is 11.8 Å². The van der Waals surface area contributed by atoms with Crippen LogP contribution in [-0.2, 0) is 17.8 Å². The Morgan fingerprint density at radius 2 is 2.06 bits per heavy atom. The molecule has 0 radical (unpaired) electrons. The summed E-state index contributed by atoms with van der Waals surface area (Å²) in [6, 6.07) is 6.44. The van der Waals surface area contributed by atoms with Crippen molar-refractivity contribution < 1.29 is 23.5 Å². The lowest BCUT2D eigenvalue weighted by atomic mass is 10.0. The van der Waals surface area contributed by atoms with Crippen molar-refractivity contribution in [1.82, 2.24) is 25.2 Å². The van der Waals surface area contributed by atoms with E-state index in [9.17, 15) is 18.8 Å². The molecule has 160 valence electrons. The summed E-state index contributed by atoms with van der Waals surface area (Å²) in [6.07, 6.45) is 1.22. The molecule has 2 amide bonds. The van der Waals surface area contributed by atoms with E-state index in [0.29, 0.717) is 5.75 Å². The number of amides is 2. The van der Waals surface area contributed by atoms with Crippen LogP contribution in [0, 0.1) is 5.82 Å². The van der Waals surface area contributed by atoms with Crippen LogP contribution in [-0.4, -0.2) is 44.8 Å². The molecule has 2 N–H and O–H groups in total. The molecule has 0 saturated carbocycles. The molecule has 0 fully saturated rings. The minimum absolute atomic E-state index is 0.00260. The molecule has 3 heterocycles. The van der Waals surface area contributed by atoms with Crippen LogP contribution in [0.2, 0.25) is 0 Å². The Morgan fingerprint density at radius 1 is 1.26 bits per heavy atom. The van der Waals surface area contributed by atoms with Crippen molar-refractivity contribution in [2.45, 2.75) is 32.9 Å². The molecule has 2 aromatic heterocycles. The second-order valence-corrected chi connectivity index (χ2v) is 7.51. The van der Waals surface area contributed by atoms with Crippen LogP contribution >= 0.6 is 0 Å². The number of nitrogens with one attached hydrogen (secondary N) is 2. The number of carbonyl (C=O) groups excluding carboxylic acids is 3. The highest BCUT2D eigenvalue weighted by Gasteiger charge is 2.21. The first-order valence-corrected chi connectivity index (χ1v) is 9.71. The van der Waals surface area contributed by atoms with Gasteiger partial charge in [0.1, 0.15) is 23.7 Å². The summed E-state index contributed by atoms with van der Waals surface area (Å²) < 4.78 is 20.5. The molecule has 0 bridgehead atoms. The molecule has 1 aromatic carbocycles. The van der Waals surface area contributed by atoms with Crippen molar-refractivity contribution >= 4 is 23.2 Å². The second kappa shape index (κ2) is 8.13. The molecule has 4 rings (SSSR count). The Kier molecular flexibility index (Phi) is 5.37. The number of aromatic nitrogens is 3. The predicted octanol–water partition coefficient (Wildman–Crippen LogP) is 1.44. The lowest BCUT2D eigenvalue weighted by molar-refractivity contribution is -0.121. The number of fused-ring (bicyclic) bond motifs is 2. The first kappa shape index (κ1) is 20.5. The maximum Gasteiger partial charge on any atom is 0.270 e. The topological polar surface area (TPSA) is 115 Å². The normalized spacial score (nSPS) is 13.1. The summed E-state index contributed by atoms with van der Waals surface area (Å²) in [7, 11) is 0. The summed E-state index contributed by atoms with van der Waals surface area (Å²) in [4.78, 5) is 40.8. The Morgan fingerprint density at radius 3 is 2.84 bits per heavy atom. The molecular weight excluding hydrogens is 405 g/mol. The third kappa shape index (κ3) is 4.23. The molecule has 9 nitrogen and oxygen atoms in total. The number of benzene rings is 1. The summed E-state index contributed by atoms with van der Waals surface area (Å²) in [5, 5.41) is 9.24. The molecule has 31 heavy (non-hydrogen) atoms. The molecule has 0 atom stereocenters. The SMILES string of the molecule is CC(C)NC(=O)c1cc(C(=O)NCc2ccc3c(c2)CC(=O)CO3)nc2c(F)cnn12. The molecule has 1 aliphatic heterocycles. The zero-order valence-corrected chi connectivity index (χ0v) is 16.9. The monoisotopic (exact) mass is 425 g/mol. The van der Waals surface area contributed by atoms with E-state index in [0.717, 1.165) is 21.8 Å². The van der Waals surface area contributed by atoms with E-state index in [4.69, 9.17) is 4.74 Å². The van der Waals surface area contributed by atoms with Crippen LogP contribution in [0.3, 0.4) is 0 Å². The molecule has 0 saturated heterocycles. The zero-order valence-electron chi connectivity index (χ0n) is 16.9. The lowest BCUT2D eigenvalue weighted by Crippen LogP contribution is -2.32. The summed E-state index contributed by atoms with van der Waals surface area (Å²) >= 11 is 0. The average molecular weight is 425 g/mol. The van der Waals surface area contributed by atoms with Crippen LogP contribution in [0.25, 0.3) is 5.65 Å². The van der Waals surface area contributed by atoms with Crippen molar-refractivity contribution in [3.8, 4) is 5.75 Å². The first-order chi connectivity index (χ1) is 14.8. The van der Waals surface area contributed by atoms with E-state index in [1.165, 1.54) is 6.07 Å². The van der Waals surface area contributed by atoms with E-state index in [1.54, 1.807) is 32.0 Å². The van der Waals surface area contributed by atoms with Gasteiger partial charge >= 0.3 is 0 Å². The molecule has 3 aromatic rings. The average Bonchev–Trinajstić information content (AvgIpc) is 3.11. The van der Waals surface area contributed by atoms with Crippen molar-refractivity contribution in [3.63, 3.8) is 0 Å². The fourth-order valence-electron chi connectivity index (χ4n) is 3.27. The number of rotatable bonds is 5. The maximum atomic E-state index is 14.1. The maximum absolute atomic E-state index is 14.1. The van der Waals surface area contributed by atoms with Crippen LogP contribution in [0.5, 0.6) is 5.75 Å². The van der Waals surface area contributed by atoms with Crippen LogP contribution in [0.4, 0.5) is 4.39 Å². The van der Waals surface area contributed by atoms with Gasteiger partial charge in [0.15, 0.2) is 17.2 Å². The number of ether oxygens (including phenoxy) is 1. The van der Waals surface area contributed by atoms with E-state index in [-0.39, 0.29) is 48.4 Å². The highest BCUT2D eigenvalue weighted by atomic mass is 19.1. The quantitative estimate of drug-likeness (QED) is 0.639. The van der Waals surface area contributed by atoms with Gasteiger partial charge in [-0.2, -0.15) is 5.10 Å². The van der Waals surface area contributed by atoms with Gasteiger partial charge in [0.2, 0.25) is 0 Å². The molecular formula is C21H20FN5O4. The van der Waals surface area contributed by atoms with Crippen molar-refractivity contribution in [3.05, 3.63) is 58.8 Å². The van der Waals surface area contributed by atoms with Crippen LogP contribution in [0.1, 0.15) is 46.0 Å². The molecule has 0 unspecified atom stereocenters. The minimum Gasteiger partial charge on any atom is -0.486 e. The van der Waals surface area contributed by atoms with Crippen LogP contribution < -0.4 is 15.4 Å². The van der Waals surface area contributed by atoms with E-state index in [1.807, 2.05) is 0 Å². The van der Waals surface area contributed by atoms with Gasteiger partial charge in [-0.1, -0.05) is 6.07 Å². The van der Waals surface area contributed by atoms with Crippen LogP contribution in [0.15, 0.2) is 30.5 Å². The highest BCUT2D eigenvalue weighted by molar-refractivity contribution is 5.98. The van der Waals surface area contributed by atoms with Crippen molar-refractivity contribution in [1.29, 1.82) is 0 Å². The second-order valence-electron chi connectivity index (χ2n) is 7.51. The fraction of sp³-hybridized carbons (Fsp3) is 0.286. The highest BCUT2D eigenvalue weighted by Crippen LogP contribution is 2.24. The third-order valence-corrected chi connectivity index (χ3v) is 4.67. The van der Waals surface area contributed by atoms with Gasteiger partial charge in [-0.3, -0.25) is 14.4 Å². The Balaban J connectivity index is 1.56. The summed E-state index contributed by atoms with van der Waals surface area (Å²) in [6.45, 7) is 3.78. The van der Waals surface area contributed by atoms with Gasteiger partial charge in [0.05, 0.1) is 6.20 Å². The van der Waals surface area contributed by atoms with Gasteiger partial charge in [0, 0.05) is 30.6 Å². The Bertz CT molecular complexity index is 1200. The zero-order chi connectivity index (χ0) is 22.1. The number of carbonyl (C=O) groups is 3. The first-order valence-electron chi connectivity index (χ1n) is 9.71. The summed E-state index contributed by atoms with van der Waals surface area (Å²) in [5.74, 6) is -1.18. The van der Waals surface area contributed by atoms with Crippen molar-refractivity contribution in [2.75, 3.05) is 6.61 Å². The van der Waals surface area contributed by atoms with E-state index in [2.05, 4.69) is 20.7 Å². The van der Waals surface area contributed by atoms with Gasteiger partial charge < -0.3 is 15.4 Å². The Labute approximate surface area is 176 Å². The Hall–Kier alpha value is -3.82. The van der Waals surface area contributed by atoms with E-state index < -0.39 is 17.6 Å². The molecule has 10 heteroatoms. The predicted molar refractivity (Wildman–Crippen MR) is 107 cm³/mol. The van der Waals surface area contributed by atoms with Gasteiger partial charge in [-0.25, -0.2) is 13.9 Å². The molecule has 0 spiro atoms. The lowest BCUT2D eigenvalue weighted by Gasteiger charge is -2.17. The number of Topliss-reactive ketones (excluding diaryl/α,β-unsaturated/α-hetero) is 1. The van der Waals surface area contributed by atoms with Crippen molar-refractivity contribution in [2.24, 2.45) is 0 Å².